The molecule has 0 aromatic heterocycles. The van der Waals surface area contributed by atoms with Crippen LogP contribution in [0.2, 0.25) is 0 Å². The van der Waals surface area contributed by atoms with Crippen LogP contribution in [0.15, 0.2) is 64.8 Å². The number of nitro groups is 1. The number of nitrogens with zero attached hydrogens (tertiary/aromatic N) is 2. The topological polar surface area (TPSA) is 102 Å². The van der Waals surface area contributed by atoms with Gasteiger partial charge in [-0.15, -0.1) is 0 Å². The first-order chi connectivity index (χ1) is 12.3. The molecule has 1 aliphatic heterocycles. The van der Waals surface area contributed by atoms with Crippen LogP contribution in [-0.2, 0) is 4.79 Å². The van der Waals surface area contributed by atoms with E-state index in [1.807, 2.05) is 19.9 Å². The van der Waals surface area contributed by atoms with Crippen LogP contribution in [0.3, 0.4) is 0 Å². The Bertz CT molecular complexity index is 922. The van der Waals surface area contributed by atoms with Gasteiger partial charge in [-0.25, -0.2) is 4.99 Å². The van der Waals surface area contributed by atoms with Gasteiger partial charge in [0.05, 0.1) is 10.6 Å². The van der Waals surface area contributed by atoms with Crippen LogP contribution in [0.4, 0.5) is 5.69 Å². The third-order valence-electron chi connectivity index (χ3n) is 4.22. The van der Waals surface area contributed by atoms with Crippen molar-refractivity contribution in [3.63, 3.8) is 0 Å². The van der Waals surface area contributed by atoms with E-state index in [2.05, 4.69) is 10.3 Å². The minimum absolute atomic E-state index is 0.0421. The van der Waals surface area contributed by atoms with E-state index in [0.29, 0.717) is 11.4 Å². The van der Waals surface area contributed by atoms with E-state index in [4.69, 9.17) is 0 Å². The molecule has 1 N–H and O–H groups in total. The molecule has 2 amide bonds. The van der Waals surface area contributed by atoms with Crippen molar-refractivity contribution in [1.82, 2.24) is 5.32 Å². The van der Waals surface area contributed by atoms with E-state index in [9.17, 15) is 19.7 Å². The number of non-ortho nitro benzene ring substituents is 1. The molecule has 0 saturated heterocycles. The molecular weight excluding hydrogens is 334 g/mol. The zero-order valence-electron chi connectivity index (χ0n) is 14.3. The Hall–Kier alpha value is -3.35. The molecule has 0 bridgehead atoms. The van der Waals surface area contributed by atoms with Gasteiger partial charge in [0.2, 0.25) is 5.91 Å². The fraction of sp³-hybridized carbons (Fsp3) is 0.211. The molecule has 7 heteroatoms. The third-order valence-corrected chi connectivity index (χ3v) is 4.22. The van der Waals surface area contributed by atoms with Gasteiger partial charge in [-0.2, -0.15) is 0 Å². The first kappa shape index (κ1) is 17.5. The van der Waals surface area contributed by atoms with Crippen molar-refractivity contribution in [3.05, 3.63) is 75.5 Å². The predicted octanol–water partition coefficient (Wildman–Crippen LogP) is 2.96. The Labute approximate surface area is 150 Å². The highest BCUT2D eigenvalue weighted by Gasteiger charge is 2.28. The molecule has 0 fully saturated rings. The summed E-state index contributed by atoms with van der Waals surface area (Å²) in [5, 5.41) is 13.6. The summed E-state index contributed by atoms with van der Waals surface area (Å²) in [5.41, 5.74) is 2.03. The molecular formula is C19H17N3O4. The van der Waals surface area contributed by atoms with Crippen LogP contribution in [-0.4, -0.2) is 22.4 Å². The Kier molecular flexibility index (Phi) is 4.62. The highest BCUT2D eigenvalue weighted by Crippen LogP contribution is 2.31. The van der Waals surface area contributed by atoms with Gasteiger partial charge >= 0.3 is 0 Å². The van der Waals surface area contributed by atoms with Gasteiger partial charge in [0, 0.05) is 35.4 Å². The van der Waals surface area contributed by atoms with E-state index in [0.717, 1.165) is 5.57 Å². The number of carbonyl (C=O) groups is 2. The first-order valence-corrected chi connectivity index (χ1v) is 8.15. The Morgan fingerprint density at radius 2 is 2.08 bits per heavy atom. The second-order valence-corrected chi connectivity index (χ2v) is 6.37. The maximum atomic E-state index is 12.3. The molecule has 2 aliphatic rings. The quantitative estimate of drug-likeness (QED) is 0.668. The Balaban J connectivity index is 1.88. The average Bonchev–Trinajstić information content (AvgIpc) is 2.60. The van der Waals surface area contributed by atoms with Crippen LogP contribution < -0.4 is 5.32 Å². The zero-order valence-corrected chi connectivity index (χ0v) is 14.3. The summed E-state index contributed by atoms with van der Waals surface area (Å²) >= 11 is 0. The number of hydrogen-bond donors (Lipinski definition) is 1. The van der Waals surface area contributed by atoms with Crippen molar-refractivity contribution in [2.45, 2.75) is 13.8 Å². The number of nitrogens with one attached hydrogen (secondary N) is 1. The summed E-state index contributed by atoms with van der Waals surface area (Å²) in [5.74, 6) is -0.607. The summed E-state index contributed by atoms with van der Waals surface area (Å²) in [6.45, 7) is 4.04. The molecule has 26 heavy (non-hydrogen) atoms. The Morgan fingerprint density at radius 1 is 1.31 bits per heavy atom. The first-order valence-electron chi connectivity index (χ1n) is 8.15. The van der Waals surface area contributed by atoms with Crippen LogP contribution in [0.25, 0.3) is 0 Å². The molecule has 1 aromatic rings. The van der Waals surface area contributed by atoms with Crippen molar-refractivity contribution in [1.29, 1.82) is 0 Å². The van der Waals surface area contributed by atoms with Crippen LogP contribution in [0.1, 0.15) is 24.2 Å². The number of fused-ring (bicyclic) bond motifs is 1. The SMILES string of the molecule is CC(C)C1=CC(=O)NC2=CC(=NC(=O)c3cccc([N+](=O)[O-])c3)C=CC21. The molecule has 0 spiro atoms. The second kappa shape index (κ2) is 6.87. The lowest BCUT2D eigenvalue weighted by Gasteiger charge is -2.29. The predicted molar refractivity (Wildman–Crippen MR) is 96.6 cm³/mol. The van der Waals surface area contributed by atoms with Gasteiger partial charge in [0.1, 0.15) is 0 Å². The standard InChI is InChI=1S/C19H17N3O4/c1-11(2)16-10-18(23)21-17-9-13(6-7-15(16)17)20-19(24)12-4-3-5-14(8-12)22(25)26/h3-11,15H,1-2H3,(H,21,23). The third kappa shape index (κ3) is 3.51. The van der Waals surface area contributed by atoms with Crippen molar-refractivity contribution in [2.75, 3.05) is 0 Å². The molecule has 1 heterocycles. The number of rotatable bonds is 3. The number of aliphatic imine (C=N–C) groups is 1. The number of benzene rings is 1. The minimum Gasteiger partial charge on any atom is -0.325 e. The zero-order chi connectivity index (χ0) is 18.8. The maximum absolute atomic E-state index is 12.3. The minimum atomic E-state index is -0.578. The number of hydrogen-bond acceptors (Lipinski definition) is 4. The van der Waals surface area contributed by atoms with Gasteiger partial charge in [0.25, 0.3) is 11.6 Å². The molecule has 1 aliphatic carbocycles. The van der Waals surface area contributed by atoms with E-state index >= 15 is 0 Å². The average molecular weight is 351 g/mol. The summed E-state index contributed by atoms with van der Waals surface area (Å²) in [4.78, 5) is 38.5. The molecule has 0 radical (unpaired) electrons. The molecule has 1 aromatic carbocycles. The molecule has 1 atom stereocenters. The molecule has 1 unspecified atom stereocenters. The molecule has 7 nitrogen and oxygen atoms in total. The molecule has 132 valence electrons. The van der Waals surface area contributed by atoms with Gasteiger partial charge in [0.15, 0.2) is 0 Å². The summed E-state index contributed by atoms with van der Waals surface area (Å²) in [7, 11) is 0. The van der Waals surface area contributed by atoms with Crippen molar-refractivity contribution >= 4 is 23.2 Å². The number of allylic oxidation sites excluding steroid dienone is 3. The highest BCUT2D eigenvalue weighted by atomic mass is 16.6. The highest BCUT2D eigenvalue weighted by molar-refractivity contribution is 6.14. The van der Waals surface area contributed by atoms with Gasteiger partial charge in [-0.1, -0.05) is 26.0 Å². The van der Waals surface area contributed by atoms with E-state index in [1.54, 1.807) is 18.2 Å². The smallest absolute Gasteiger partial charge is 0.277 e. The summed E-state index contributed by atoms with van der Waals surface area (Å²) in [6, 6.07) is 5.42. The van der Waals surface area contributed by atoms with Crippen molar-refractivity contribution < 1.29 is 14.5 Å². The van der Waals surface area contributed by atoms with Crippen molar-refractivity contribution in [3.8, 4) is 0 Å². The van der Waals surface area contributed by atoms with Crippen molar-refractivity contribution in [2.24, 2.45) is 16.8 Å². The molecule has 3 rings (SSSR count). The van der Waals surface area contributed by atoms with E-state index in [1.165, 1.54) is 24.3 Å². The maximum Gasteiger partial charge on any atom is 0.277 e. The Morgan fingerprint density at radius 3 is 2.77 bits per heavy atom. The number of carbonyl (C=O) groups excluding carboxylic acids is 2. The van der Waals surface area contributed by atoms with Gasteiger partial charge < -0.3 is 5.32 Å². The summed E-state index contributed by atoms with van der Waals surface area (Å²) < 4.78 is 0. The van der Waals surface area contributed by atoms with Crippen LogP contribution in [0.5, 0.6) is 0 Å². The van der Waals surface area contributed by atoms with Gasteiger partial charge in [-0.3, -0.25) is 19.7 Å². The van der Waals surface area contributed by atoms with Crippen LogP contribution in [0, 0.1) is 22.0 Å². The fourth-order valence-electron chi connectivity index (χ4n) is 2.95. The van der Waals surface area contributed by atoms with Gasteiger partial charge in [-0.05, 0) is 29.7 Å². The lowest BCUT2D eigenvalue weighted by molar-refractivity contribution is -0.384. The van der Waals surface area contributed by atoms with E-state index < -0.39 is 10.8 Å². The molecule has 0 saturated carbocycles. The number of nitro benzene ring substituents is 1. The lowest BCUT2D eigenvalue weighted by Crippen LogP contribution is -2.34. The largest absolute Gasteiger partial charge is 0.325 e. The normalized spacial score (nSPS) is 20.3. The monoisotopic (exact) mass is 351 g/mol. The lowest BCUT2D eigenvalue weighted by atomic mass is 9.82. The fourth-order valence-corrected chi connectivity index (χ4v) is 2.95. The van der Waals surface area contributed by atoms with Crippen LogP contribution >= 0.6 is 0 Å². The second-order valence-electron chi connectivity index (χ2n) is 6.37. The summed E-state index contributed by atoms with van der Waals surface area (Å²) in [6.07, 6.45) is 6.87. The van der Waals surface area contributed by atoms with E-state index in [-0.39, 0.29) is 29.0 Å². The number of amides is 2.